The van der Waals surface area contributed by atoms with Gasteiger partial charge in [0, 0.05) is 6.20 Å². The van der Waals surface area contributed by atoms with Crippen LogP contribution in [0.5, 0.6) is 0 Å². The first-order chi connectivity index (χ1) is 8.16. The lowest BCUT2D eigenvalue weighted by atomic mass is 10.2. The first kappa shape index (κ1) is 10.4. The Morgan fingerprint density at radius 2 is 2.06 bits per heavy atom. The highest BCUT2D eigenvalue weighted by Gasteiger charge is 2.13. The number of nitrogens with zero attached hydrogens (tertiary/aromatic N) is 2. The molecule has 0 bridgehead atoms. The molecule has 0 radical (unpaired) electrons. The number of aromatic nitrogens is 2. The molecule has 3 nitrogen and oxygen atoms in total. The van der Waals surface area contributed by atoms with E-state index in [-0.39, 0.29) is 0 Å². The SMILES string of the molecule is Cc1ccc2nc(-c3sccc3C)c(N)n2c1. The van der Waals surface area contributed by atoms with Gasteiger partial charge in [0.25, 0.3) is 0 Å². The van der Waals surface area contributed by atoms with Crippen LogP contribution in [0.1, 0.15) is 11.1 Å². The van der Waals surface area contributed by atoms with Crippen molar-refractivity contribution in [3.63, 3.8) is 0 Å². The lowest BCUT2D eigenvalue weighted by Crippen LogP contribution is -1.94. The van der Waals surface area contributed by atoms with Crippen LogP contribution in [0.4, 0.5) is 5.82 Å². The van der Waals surface area contributed by atoms with Gasteiger partial charge in [0.2, 0.25) is 0 Å². The number of hydrogen-bond donors (Lipinski definition) is 1. The Kier molecular flexibility index (Phi) is 2.19. The smallest absolute Gasteiger partial charge is 0.139 e. The molecule has 0 saturated heterocycles. The van der Waals surface area contributed by atoms with E-state index < -0.39 is 0 Å². The molecule has 4 heteroatoms. The second-order valence-corrected chi connectivity index (χ2v) is 5.13. The van der Waals surface area contributed by atoms with E-state index >= 15 is 0 Å². The summed E-state index contributed by atoms with van der Waals surface area (Å²) in [6.07, 6.45) is 2.02. The van der Waals surface area contributed by atoms with Gasteiger partial charge in [0.05, 0.1) is 4.88 Å². The Morgan fingerprint density at radius 1 is 1.24 bits per heavy atom. The highest BCUT2D eigenvalue weighted by molar-refractivity contribution is 7.13. The van der Waals surface area contributed by atoms with Crippen molar-refractivity contribution in [2.75, 3.05) is 5.73 Å². The molecule has 0 aliphatic rings. The molecule has 0 fully saturated rings. The fourth-order valence-electron chi connectivity index (χ4n) is 1.95. The number of fused-ring (bicyclic) bond motifs is 1. The zero-order valence-electron chi connectivity index (χ0n) is 9.77. The van der Waals surface area contributed by atoms with Crippen LogP contribution in [0, 0.1) is 13.8 Å². The number of nitrogens with two attached hydrogens (primary N) is 1. The van der Waals surface area contributed by atoms with Gasteiger partial charge in [-0.3, -0.25) is 4.40 Å². The molecular weight excluding hydrogens is 230 g/mol. The van der Waals surface area contributed by atoms with Crippen molar-refractivity contribution in [3.05, 3.63) is 40.9 Å². The van der Waals surface area contributed by atoms with E-state index in [9.17, 15) is 0 Å². The lowest BCUT2D eigenvalue weighted by Gasteiger charge is -1.99. The van der Waals surface area contributed by atoms with E-state index in [0.717, 1.165) is 16.2 Å². The third-order valence-electron chi connectivity index (χ3n) is 2.88. The summed E-state index contributed by atoms with van der Waals surface area (Å²) in [4.78, 5) is 5.76. The van der Waals surface area contributed by atoms with Crippen molar-refractivity contribution < 1.29 is 0 Å². The first-order valence-electron chi connectivity index (χ1n) is 5.45. The molecule has 3 heterocycles. The number of hydrogen-bond acceptors (Lipinski definition) is 3. The predicted molar refractivity (Wildman–Crippen MR) is 72.4 cm³/mol. The van der Waals surface area contributed by atoms with Gasteiger partial charge in [-0.2, -0.15) is 0 Å². The van der Waals surface area contributed by atoms with Crippen molar-refractivity contribution in [2.24, 2.45) is 0 Å². The monoisotopic (exact) mass is 243 g/mol. The van der Waals surface area contributed by atoms with Gasteiger partial charge in [0.15, 0.2) is 0 Å². The molecule has 3 aromatic rings. The van der Waals surface area contributed by atoms with Crippen LogP contribution in [0.2, 0.25) is 0 Å². The Balaban J connectivity index is 2.32. The zero-order valence-corrected chi connectivity index (χ0v) is 10.6. The first-order valence-corrected chi connectivity index (χ1v) is 6.33. The molecule has 0 atom stereocenters. The summed E-state index contributed by atoms with van der Waals surface area (Å²) in [5.74, 6) is 0.717. The highest BCUT2D eigenvalue weighted by atomic mass is 32.1. The standard InChI is InChI=1S/C13H13N3S/c1-8-3-4-10-15-11(13(14)16(10)7-8)12-9(2)5-6-17-12/h3-7H,14H2,1-2H3. The Bertz CT molecular complexity index is 694. The highest BCUT2D eigenvalue weighted by Crippen LogP contribution is 2.33. The molecular formula is C13H13N3S. The summed E-state index contributed by atoms with van der Waals surface area (Å²) in [5, 5.41) is 2.07. The number of nitrogen functional groups attached to an aromatic ring is 1. The molecule has 86 valence electrons. The molecule has 3 rings (SSSR count). The van der Waals surface area contributed by atoms with Crippen LogP contribution >= 0.6 is 11.3 Å². The second-order valence-electron chi connectivity index (χ2n) is 4.21. The minimum atomic E-state index is 0.717. The minimum Gasteiger partial charge on any atom is -0.383 e. The molecule has 2 N–H and O–H groups in total. The van der Waals surface area contributed by atoms with Gasteiger partial charge < -0.3 is 5.73 Å². The number of aryl methyl sites for hydroxylation is 2. The molecule has 3 aromatic heterocycles. The molecule has 0 amide bonds. The normalized spacial score (nSPS) is 11.2. The van der Waals surface area contributed by atoms with Crippen LogP contribution in [0.15, 0.2) is 29.8 Å². The number of pyridine rings is 1. The summed E-state index contributed by atoms with van der Waals surface area (Å²) >= 11 is 1.68. The molecule has 0 unspecified atom stereocenters. The number of imidazole rings is 1. The van der Waals surface area contributed by atoms with E-state index in [1.165, 1.54) is 11.1 Å². The molecule has 0 aliphatic heterocycles. The number of thiophene rings is 1. The van der Waals surface area contributed by atoms with E-state index in [1.807, 2.05) is 22.7 Å². The van der Waals surface area contributed by atoms with Gasteiger partial charge in [-0.15, -0.1) is 11.3 Å². The largest absolute Gasteiger partial charge is 0.383 e. The lowest BCUT2D eigenvalue weighted by molar-refractivity contribution is 1.16. The van der Waals surface area contributed by atoms with Crippen LogP contribution in [-0.4, -0.2) is 9.38 Å². The zero-order chi connectivity index (χ0) is 12.0. The van der Waals surface area contributed by atoms with Gasteiger partial charge >= 0.3 is 0 Å². The van der Waals surface area contributed by atoms with Gasteiger partial charge in [-0.1, -0.05) is 6.07 Å². The molecule has 0 saturated carbocycles. The maximum Gasteiger partial charge on any atom is 0.139 e. The third kappa shape index (κ3) is 1.52. The van der Waals surface area contributed by atoms with Crippen molar-refractivity contribution in [1.82, 2.24) is 9.38 Å². The Labute approximate surface area is 104 Å². The maximum absolute atomic E-state index is 6.18. The quantitative estimate of drug-likeness (QED) is 0.713. The molecule has 0 aromatic carbocycles. The van der Waals surface area contributed by atoms with Gasteiger partial charge in [0.1, 0.15) is 17.2 Å². The summed E-state index contributed by atoms with van der Waals surface area (Å²) in [6, 6.07) is 6.14. The average Bonchev–Trinajstić information content (AvgIpc) is 2.84. The molecule has 0 aliphatic carbocycles. The number of rotatable bonds is 1. The molecule has 0 spiro atoms. The maximum atomic E-state index is 6.18. The predicted octanol–water partition coefficient (Wildman–Crippen LogP) is 3.26. The summed E-state index contributed by atoms with van der Waals surface area (Å²) < 4.78 is 1.95. The Morgan fingerprint density at radius 3 is 2.76 bits per heavy atom. The van der Waals surface area contributed by atoms with E-state index in [0.29, 0.717) is 5.82 Å². The topological polar surface area (TPSA) is 43.3 Å². The van der Waals surface area contributed by atoms with Crippen molar-refractivity contribution in [3.8, 4) is 10.6 Å². The van der Waals surface area contributed by atoms with Gasteiger partial charge in [-0.05, 0) is 42.5 Å². The summed E-state index contributed by atoms with van der Waals surface area (Å²) in [5.41, 5.74) is 10.4. The van der Waals surface area contributed by atoms with Crippen LogP contribution in [0.3, 0.4) is 0 Å². The average molecular weight is 243 g/mol. The second kappa shape index (κ2) is 3.60. The van der Waals surface area contributed by atoms with Crippen molar-refractivity contribution in [2.45, 2.75) is 13.8 Å². The third-order valence-corrected chi connectivity index (χ3v) is 3.90. The summed E-state index contributed by atoms with van der Waals surface area (Å²) in [6.45, 7) is 4.13. The minimum absolute atomic E-state index is 0.717. The Hall–Kier alpha value is -1.81. The van der Waals surface area contributed by atoms with Crippen LogP contribution in [-0.2, 0) is 0 Å². The van der Waals surface area contributed by atoms with Crippen LogP contribution in [0.25, 0.3) is 16.2 Å². The fraction of sp³-hybridized carbons (Fsp3) is 0.154. The van der Waals surface area contributed by atoms with E-state index in [2.05, 4.69) is 30.3 Å². The van der Waals surface area contributed by atoms with Crippen molar-refractivity contribution in [1.29, 1.82) is 0 Å². The number of anilines is 1. The van der Waals surface area contributed by atoms with Crippen LogP contribution < -0.4 is 5.73 Å². The van der Waals surface area contributed by atoms with Crippen molar-refractivity contribution >= 4 is 22.8 Å². The summed E-state index contributed by atoms with van der Waals surface area (Å²) in [7, 11) is 0. The van der Waals surface area contributed by atoms with E-state index in [1.54, 1.807) is 11.3 Å². The van der Waals surface area contributed by atoms with Gasteiger partial charge in [-0.25, -0.2) is 4.98 Å². The fourth-order valence-corrected chi connectivity index (χ4v) is 2.88. The molecule has 17 heavy (non-hydrogen) atoms. The van der Waals surface area contributed by atoms with E-state index in [4.69, 9.17) is 5.73 Å².